The molecule has 0 aliphatic carbocycles. The average Bonchev–Trinajstić information content (AvgIpc) is 2.34. The normalized spacial score (nSPS) is 21.6. The Morgan fingerprint density at radius 1 is 1.29 bits per heavy atom. The van der Waals surface area contributed by atoms with Gasteiger partial charge in [-0.2, -0.15) is 13.2 Å². The molecule has 2 aliphatic rings. The zero-order valence-electron chi connectivity index (χ0n) is 12.6. The maximum Gasteiger partial charge on any atom is 0.490 e. The van der Waals surface area contributed by atoms with Gasteiger partial charge in [0.2, 0.25) is 0 Å². The van der Waals surface area contributed by atoms with Gasteiger partial charge >= 0.3 is 12.1 Å². The fraction of sp³-hybridized carbons (Fsp3) is 0.929. The van der Waals surface area contributed by atoms with Crippen molar-refractivity contribution in [3.8, 4) is 0 Å². The summed E-state index contributed by atoms with van der Waals surface area (Å²) in [5.74, 6) is -1.91. The number of hydrogen-bond acceptors (Lipinski definition) is 3. The number of likely N-dealkylation sites (tertiary alicyclic amines) is 1. The number of hydrogen-bond donors (Lipinski definition) is 1. The summed E-state index contributed by atoms with van der Waals surface area (Å²) in [6.07, 6.45) is -1.00. The van der Waals surface area contributed by atoms with E-state index in [4.69, 9.17) is 14.6 Å². The van der Waals surface area contributed by atoms with Crippen molar-refractivity contribution in [2.24, 2.45) is 11.3 Å². The summed E-state index contributed by atoms with van der Waals surface area (Å²) in [4.78, 5) is 11.5. The second kappa shape index (κ2) is 7.45. The number of carboxylic acid groups (broad SMARTS) is 1. The van der Waals surface area contributed by atoms with Crippen LogP contribution in [0.4, 0.5) is 13.2 Å². The molecule has 1 N–H and O–H groups in total. The monoisotopic (exact) mass is 311 g/mol. The van der Waals surface area contributed by atoms with E-state index in [2.05, 4.69) is 18.7 Å². The molecule has 4 nitrogen and oxygen atoms in total. The maximum atomic E-state index is 10.6. The van der Waals surface area contributed by atoms with Crippen LogP contribution in [-0.2, 0) is 9.53 Å². The lowest BCUT2D eigenvalue weighted by molar-refractivity contribution is -0.192. The summed E-state index contributed by atoms with van der Waals surface area (Å²) >= 11 is 0. The first-order chi connectivity index (χ1) is 9.65. The van der Waals surface area contributed by atoms with Gasteiger partial charge in [-0.15, -0.1) is 0 Å². The fourth-order valence-corrected chi connectivity index (χ4v) is 2.37. The highest BCUT2D eigenvalue weighted by atomic mass is 19.4. The number of halogens is 3. The second-order valence-corrected chi connectivity index (χ2v) is 6.32. The van der Waals surface area contributed by atoms with Crippen molar-refractivity contribution in [3.05, 3.63) is 0 Å². The van der Waals surface area contributed by atoms with E-state index in [1.54, 1.807) is 0 Å². The van der Waals surface area contributed by atoms with Crippen molar-refractivity contribution in [1.82, 2.24) is 4.90 Å². The number of carbonyl (C=O) groups is 1. The molecular formula is C14H24F3NO3. The highest BCUT2D eigenvalue weighted by Crippen LogP contribution is 2.38. The molecule has 0 atom stereocenters. The Morgan fingerprint density at radius 3 is 2.05 bits per heavy atom. The number of nitrogens with zero attached hydrogens (tertiary/aromatic N) is 1. The number of rotatable bonds is 3. The van der Waals surface area contributed by atoms with Crippen LogP contribution in [0.15, 0.2) is 0 Å². The van der Waals surface area contributed by atoms with E-state index < -0.39 is 12.1 Å². The standard InChI is InChI=1S/C12H23NO.C2HF3O2/c1-11(2)3-6-13-7-4-12(5-8-13)9-14-10-12;3-2(4,5)1(6)7/h11H,3-10H2,1-2H3;(H,6,7). The lowest BCUT2D eigenvalue weighted by atomic mass is 9.77. The summed E-state index contributed by atoms with van der Waals surface area (Å²) in [5, 5.41) is 7.12. The third-order valence-electron chi connectivity index (χ3n) is 4.00. The quantitative estimate of drug-likeness (QED) is 0.871. The van der Waals surface area contributed by atoms with Crippen LogP contribution in [0.25, 0.3) is 0 Å². The molecule has 0 radical (unpaired) electrons. The van der Waals surface area contributed by atoms with E-state index in [-0.39, 0.29) is 0 Å². The van der Waals surface area contributed by atoms with Gasteiger partial charge in [-0.1, -0.05) is 13.8 Å². The van der Waals surface area contributed by atoms with Crippen LogP contribution in [0.3, 0.4) is 0 Å². The average molecular weight is 311 g/mol. The minimum Gasteiger partial charge on any atom is -0.475 e. The van der Waals surface area contributed by atoms with Gasteiger partial charge in [0.1, 0.15) is 0 Å². The van der Waals surface area contributed by atoms with Gasteiger partial charge in [0, 0.05) is 5.41 Å². The number of piperidine rings is 1. The van der Waals surface area contributed by atoms with Crippen LogP contribution < -0.4 is 0 Å². The summed E-state index contributed by atoms with van der Waals surface area (Å²) in [6, 6.07) is 0. The van der Waals surface area contributed by atoms with Crippen LogP contribution in [0.5, 0.6) is 0 Å². The second-order valence-electron chi connectivity index (χ2n) is 6.32. The first kappa shape index (κ1) is 18.2. The number of ether oxygens (including phenoxy) is 1. The molecule has 2 fully saturated rings. The number of alkyl halides is 3. The van der Waals surface area contributed by atoms with Crippen LogP contribution in [0, 0.1) is 11.3 Å². The highest BCUT2D eigenvalue weighted by molar-refractivity contribution is 5.73. The lowest BCUT2D eigenvalue weighted by Crippen LogP contribution is -2.51. The predicted octanol–water partition coefficient (Wildman–Crippen LogP) is 2.78. The first-order valence-electron chi connectivity index (χ1n) is 7.25. The zero-order valence-corrected chi connectivity index (χ0v) is 12.6. The van der Waals surface area contributed by atoms with E-state index in [0.717, 1.165) is 19.1 Å². The zero-order chi connectivity index (χ0) is 16.1. The Bertz CT molecular complexity index is 331. The van der Waals surface area contributed by atoms with Gasteiger partial charge in [0.05, 0.1) is 13.2 Å². The Kier molecular flexibility index (Phi) is 6.46. The van der Waals surface area contributed by atoms with Gasteiger partial charge in [0.25, 0.3) is 0 Å². The van der Waals surface area contributed by atoms with Crippen molar-refractivity contribution in [1.29, 1.82) is 0 Å². The molecule has 2 rings (SSSR count). The van der Waals surface area contributed by atoms with E-state index in [1.807, 2.05) is 0 Å². The van der Waals surface area contributed by atoms with Gasteiger partial charge in [-0.3, -0.25) is 0 Å². The summed E-state index contributed by atoms with van der Waals surface area (Å²) in [7, 11) is 0. The van der Waals surface area contributed by atoms with Crippen molar-refractivity contribution >= 4 is 5.97 Å². The molecule has 1 spiro atoms. The molecule has 124 valence electrons. The molecule has 2 saturated heterocycles. The molecule has 2 heterocycles. The number of carboxylic acids is 1. The van der Waals surface area contributed by atoms with Crippen LogP contribution >= 0.6 is 0 Å². The van der Waals surface area contributed by atoms with E-state index >= 15 is 0 Å². The molecule has 21 heavy (non-hydrogen) atoms. The third kappa shape index (κ3) is 6.22. The fourth-order valence-electron chi connectivity index (χ4n) is 2.37. The highest BCUT2D eigenvalue weighted by Gasteiger charge is 2.40. The minimum absolute atomic E-state index is 0.605. The van der Waals surface area contributed by atoms with E-state index in [9.17, 15) is 13.2 Å². The third-order valence-corrected chi connectivity index (χ3v) is 4.00. The molecule has 0 amide bonds. The van der Waals surface area contributed by atoms with Gasteiger partial charge in [-0.05, 0) is 44.8 Å². The van der Waals surface area contributed by atoms with Crippen molar-refractivity contribution in [2.45, 2.75) is 39.3 Å². The van der Waals surface area contributed by atoms with Gasteiger partial charge < -0.3 is 14.7 Å². The molecule has 0 aromatic carbocycles. The molecule has 0 saturated carbocycles. The molecule has 0 aromatic heterocycles. The number of aliphatic carboxylic acids is 1. The van der Waals surface area contributed by atoms with Crippen LogP contribution in [-0.4, -0.2) is 55.0 Å². The minimum atomic E-state index is -5.08. The topological polar surface area (TPSA) is 49.8 Å². The van der Waals surface area contributed by atoms with Crippen molar-refractivity contribution < 1.29 is 27.8 Å². The molecular weight excluding hydrogens is 287 g/mol. The van der Waals surface area contributed by atoms with Crippen LogP contribution in [0.1, 0.15) is 33.1 Å². The van der Waals surface area contributed by atoms with Crippen LogP contribution in [0.2, 0.25) is 0 Å². The molecule has 0 unspecified atom stereocenters. The summed E-state index contributed by atoms with van der Waals surface area (Å²) in [5.41, 5.74) is 0.605. The van der Waals surface area contributed by atoms with Crippen molar-refractivity contribution in [2.75, 3.05) is 32.8 Å². The Balaban J connectivity index is 0.000000270. The molecule has 0 aromatic rings. The summed E-state index contributed by atoms with van der Waals surface area (Å²) < 4.78 is 37.1. The Hall–Kier alpha value is -0.820. The molecule has 7 heteroatoms. The molecule has 0 bridgehead atoms. The van der Waals surface area contributed by atoms with E-state index in [1.165, 1.54) is 38.9 Å². The van der Waals surface area contributed by atoms with E-state index in [0.29, 0.717) is 5.41 Å². The molecule has 2 aliphatic heterocycles. The van der Waals surface area contributed by atoms with Crippen molar-refractivity contribution in [3.63, 3.8) is 0 Å². The largest absolute Gasteiger partial charge is 0.490 e. The Labute approximate surface area is 123 Å². The van der Waals surface area contributed by atoms with Gasteiger partial charge in [-0.25, -0.2) is 4.79 Å². The lowest BCUT2D eigenvalue weighted by Gasteiger charge is -2.47. The Morgan fingerprint density at radius 2 is 1.76 bits per heavy atom. The van der Waals surface area contributed by atoms with Gasteiger partial charge in [0.15, 0.2) is 0 Å². The SMILES string of the molecule is CC(C)CCN1CCC2(CC1)COC2.O=C(O)C(F)(F)F. The first-order valence-corrected chi connectivity index (χ1v) is 7.25. The summed E-state index contributed by atoms with van der Waals surface area (Å²) in [6.45, 7) is 10.6. The smallest absolute Gasteiger partial charge is 0.475 e. The predicted molar refractivity (Wildman–Crippen MR) is 72.1 cm³/mol. The maximum absolute atomic E-state index is 10.6.